The largest absolute Gasteiger partial charge is 0.493 e. The molecule has 2 amide bonds. The normalized spacial score (nSPS) is 11.9. The molecule has 7 heteroatoms. The number of benzene rings is 2. The van der Waals surface area contributed by atoms with Crippen molar-refractivity contribution in [1.82, 2.24) is 10.7 Å². The number of ether oxygens (including phenoxy) is 2. The molecular weight excluding hydrogens is 418 g/mol. The minimum absolute atomic E-state index is 0.168. The number of rotatable bonds is 13. The lowest BCUT2D eigenvalue weighted by Gasteiger charge is -2.19. The van der Waals surface area contributed by atoms with Crippen LogP contribution in [0.3, 0.4) is 0 Å². The molecule has 2 N–H and O–H groups in total. The van der Waals surface area contributed by atoms with Crippen LogP contribution in [0.2, 0.25) is 0 Å². The van der Waals surface area contributed by atoms with E-state index in [0.717, 1.165) is 24.0 Å². The standard InChI is InChI=1S/C26H35N3O4/c1-5-6-15-32-24-14-10-8-12-21(24)17-27-29-26(31)22(16-19(2)3)28-25(30)18-33-23-13-9-7-11-20(23)4/h7-14,17,19,22H,5-6,15-16,18H2,1-4H3,(H,28,30)(H,29,31)/b27-17-/t22-/m1/s1. The molecule has 1 atom stereocenters. The predicted octanol–water partition coefficient (Wildman–Crippen LogP) is 4.23. The van der Waals surface area contributed by atoms with E-state index in [9.17, 15) is 9.59 Å². The lowest BCUT2D eigenvalue weighted by molar-refractivity contribution is -0.130. The van der Waals surface area contributed by atoms with Crippen molar-refractivity contribution in [3.63, 3.8) is 0 Å². The van der Waals surface area contributed by atoms with Crippen LogP contribution >= 0.6 is 0 Å². The molecule has 0 radical (unpaired) electrons. The lowest BCUT2D eigenvalue weighted by atomic mass is 10.0. The van der Waals surface area contributed by atoms with E-state index in [2.05, 4.69) is 22.8 Å². The molecule has 0 aliphatic heterocycles. The van der Waals surface area contributed by atoms with Crippen molar-refractivity contribution in [2.75, 3.05) is 13.2 Å². The summed E-state index contributed by atoms with van der Waals surface area (Å²) in [5.41, 5.74) is 4.25. The third kappa shape index (κ3) is 9.35. The summed E-state index contributed by atoms with van der Waals surface area (Å²) in [5, 5.41) is 6.84. The second kappa shape index (κ2) is 13.9. The van der Waals surface area contributed by atoms with Gasteiger partial charge < -0.3 is 14.8 Å². The zero-order valence-corrected chi connectivity index (χ0v) is 20.0. The molecule has 0 saturated carbocycles. The van der Waals surface area contributed by atoms with Gasteiger partial charge in [-0.15, -0.1) is 0 Å². The first-order valence-corrected chi connectivity index (χ1v) is 11.4. The van der Waals surface area contributed by atoms with E-state index < -0.39 is 6.04 Å². The van der Waals surface area contributed by atoms with Crippen LogP contribution in [-0.2, 0) is 9.59 Å². The highest BCUT2D eigenvalue weighted by atomic mass is 16.5. The van der Waals surface area contributed by atoms with Gasteiger partial charge >= 0.3 is 0 Å². The first-order chi connectivity index (χ1) is 15.9. The molecule has 0 aliphatic carbocycles. The van der Waals surface area contributed by atoms with Crippen LogP contribution in [0, 0.1) is 12.8 Å². The number of amides is 2. The van der Waals surface area contributed by atoms with Gasteiger partial charge in [0.05, 0.1) is 12.8 Å². The number of carbonyl (C=O) groups excluding carboxylic acids is 2. The molecule has 0 unspecified atom stereocenters. The Morgan fingerprint density at radius 1 is 1.03 bits per heavy atom. The van der Waals surface area contributed by atoms with Gasteiger partial charge in [0.1, 0.15) is 17.5 Å². The molecular formula is C26H35N3O4. The third-order valence-corrected chi connectivity index (χ3v) is 4.86. The van der Waals surface area contributed by atoms with Crippen molar-refractivity contribution in [3.8, 4) is 11.5 Å². The van der Waals surface area contributed by atoms with Crippen LogP contribution in [-0.4, -0.2) is 37.3 Å². The summed E-state index contributed by atoms with van der Waals surface area (Å²) in [7, 11) is 0. The van der Waals surface area contributed by atoms with Crippen molar-refractivity contribution in [2.24, 2.45) is 11.0 Å². The predicted molar refractivity (Wildman–Crippen MR) is 131 cm³/mol. The number of nitrogens with one attached hydrogen (secondary N) is 2. The smallest absolute Gasteiger partial charge is 0.262 e. The maximum Gasteiger partial charge on any atom is 0.262 e. The van der Waals surface area contributed by atoms with Crippen molar-refractivity contribution < 1.29 is 19.1 Å². The van der Waals surface area contributed by atoms with Gasteiger partial charge in [0, 0.05) is 5.56 Å². The minimum Gasteiger partial charge on any atom is -0.493 e. The Morgan fingerprint density at radius 3 is 2.42 bits per heavy atom. The number of para-hydroxylation sites is 2. The molecule has 2 aromatic rings. The molecule has 0 heterocycles. The molecule has 0 saturated heterocycles. The Bertz CT molecular complexity index is 927. The summed E-state index contributed by atoms with van der Waals surface area (Å²) in [6, 6.07) is 14.3. The molecule has 2 aromatic carbocycles. The highest BCUT2D eigenvalue weighted by Gasteiger charge is 2.22. The monoisotopic (exact) mass is 453 g/mol. The fourth-order valence-corrected chi connectivity index (χ4v) is 3.09. The third-order valence-electron chi connectivity index (χ3n) is 4.86. The highest BCUT2D eigenvalue weighted by Crippen LogP contribution is 2.17. The molecule has 178 valence electrons. The van der Waals surface area contributed by atoms with Crippen molar-refractivity contribution in [1.29, 1.82) is 0 Å². The van der Waals surface area contributed by atoms with Crippen molar-refractivity contribution in [2.45, 2.75) is 53.0 Å². The van der Waals surface area contributed by atoms with Gasteiger partial charge in [0.2, 0.25) is 0 Å². The summed E-state index contributed by atoms with van der Waals surface area (Å²) in [5.74, 6) is 0.813. The number of hydrogen-bond acceptors (Lipinski definition) is 5. The van der Waals surface area contributed by atoms with E-state index in [4.69, 9.17) is 9.47 Å². The molecule has 2 rings (SSSR count). The minimum atomic E-state index is -0.717. The molecule has 7 nitrogen and oxygen atoms in total. The average molecular weight is 454 g/mol. The van der Waals surface area contributed by atoms with Crippen LogP contribution < -0.4 is 20.2 Å². The maximum absolute atomic E-state index is 12.7. The zero-order valence-electron chi connectivity index (χ0n) is 20.0. The van der Waals surface area contributed by atoms with Crippen LogP contribution in [0.15, 0.2) is 53.6 Å². The SMILES string of the molecule is CCCCOc1ccccc1/C=N\NC(=O)[C@@H](CC(C)C)NC(=O)COc1ccccc1C. The first-order valence-electron chi connectivity index (χ1n) is 11.4. The Kier molecular flexibility index (Phi) is 10.9. The van der Waals surface area contributed by atoms with E-state index in [-0.39, 0.29) is 24.3 Å². The quantitative estimate of drug-likeness (QED) is 0.270. The van der Waals surface area contributed by atoms with Crippen molar-refractivity contribution >= 4 is 18.0 Å². The van der Waals surface area contributed by atoms with E-state index >= 15 is 0 Å². The number of aryl methyl sites for hydroxylation is 1. The van der Waals surface area contributed by atoms with E-state index in [1.54, 1.807) is 12.3 Å². The van der Waals surface area contributed by atoms with Gasteiger partial charge in [0.25, 0.3) is 11.8 Å². The zero-order chi connectivity index (χ0) is 24.1. The van der Waals surface area contributed by atoms with Crippen LogP contribution in [0.1, 0.15) is 51.2 Å². The summed E-state index contributed by atoms with van der Waals surface area (Å²) in [4.78, 5) is 25.1. The number of carbonyl (C=O) groups is 2. The Balaban J connectivity index is 1.94. The summed E-state index contributed by atoms with van der Waals surface area (Å²) in [6.07, 6.45) is 4.04. The number of hydrazone groups is 1. The number of hydrogen-bond donors (Lipinski definition) is 2. The Morgan fingerprint density at radius 2 is 1.73 bits per heavy atom. The number of unbranched alkanes of at least 4 members (excludes halogenated alkanes) is 1. The average Bonchev–Trinajstić information content (AvgIpc) is 2.79. The van der Waals surface area contributed by atoms with Crippen LogP contribution in [0.25, 0.3) is 0 Å². The van der Waals surface area contributed by atoms with Crippen LogP contribution in [0.5, 0.6) is 11.5 Å². The fourth-order valence-electron chi connectivity index (χ4n) is 3.09. The summed E-state index contributed by atoms with van der Waals surface area (Å²) >= 11 is 0. The van der Waals surface area contributed by atoms with Gasteiger partial charge in [-0.05, 0) is 49.4 Å². The topological polar surface area (TPSA) is 89.0 Å². The molecule has 0 aromatic heterocycles. The van der Waals surface area contributed by atoms with E-state index in [0.29, 0.717) is 24.5 Å². The van der Waals surface area contributed by atoms with Gasteiger partial charge in [-0.2, -0.15) is 5.10 Å². The second-order valence-electron chi connectivity index (χ2n) is 8.28. The molecule has 0 bridgehead atoms. The van der Waals surface area contributed by atoms with E-state index in [1.165, 1.54) is 0 Å². The Hall–Kier alpha value is -3.35. The highest BCUT2D eigenvalue weighted by molar-refractivity contribution is 5.89. The van der Waals surface area contributed by atoms with Crippen LogP contribution in [0.4, 0.5) is 0 Å². The summed E-state index contributed by atoms with van der Waals surface area (Å²) < 4.78 is 11.4. The fraction of sp³-hybridized carbons (Fsp3) is 0.423. The maximum atomic E-state index is 12.7. The first kappa shape index (κ1) is 25.9. The van der Waals surface area contributed by atoms with E-state index in [1.807, 2.05) is 63.2 Å². The summed E-state index contributed by atoms with van der Waals surface area (Å²) in [6.45, 7) is 8.45. The second-order valence-corrected chi connectivity index (χ2v) is 8.28. The van der Waals surface area contributed by atoms with Crippen molar-refractivity contribution in [3.05, 3.63) is 59.7 Å². The van der Waals surface area contributed by atoms with Gasteiger partial charge in [0.15, 0.2) is 6.61 Å². The molecule has 0 spiro atoms. The molecule has 0 aliphatic rings. The van der Waals surface area contributed by atoms with Gasteiger partial charge in [-0.3, -0.25) is 9.59 Å². The number of nitrogens with zero attached hydrogens (tertiary/aromatic N) is 1. The lowest BCUT2D eigenvalue weighted by Crippen LogP contribution is -2.47. The van der Waals surface area contributed by atoms with Gasteiger partial charge in [-0.25, -0.2) is 5.43 Å². The van der Waals surface area contributed by atoms with Gasteiger partial charge in [-0.1, -0.05) is 57.5 Å². The molecule has 33 heavy (non-hydrogen) atoms. The Labute approximate surface area is 196 Å². The molecule has 0 fully saturated rings.